The standard InChI is InChI=1S/C17H26O3S/c1-13-8-10-15(11-9-13)21(18,19)12-14-6-5-7-16(20-14)17(2,3)4/h8-11,14,16H,5-7,12H2,1-4H3/t14-,16-/m1/s1. The van der Waals surface area contributed by atoms with Gasteiger partial charge in [-0.2, -0.15) is 0 Å². The fourth-order valence-corrected chi connectivity index (χ4v) is 4.22. The highest BCUT2D eigenvalue weighted by Crippen LogP contribution is 2.33. The van der Waals surface area contributed by atoms with Crippen LogP contribution in [0.5, 0.6) is 0 Å². The summed E-state index contributed by atoms with van der Waals surface area (Å²) in [6, 6.07) is 7.06. The van der Waals surface area contributed by atoms with Gasteiger partial charge >= 0.3 is 0 Å². The predicted molar refractivity (Wildman–Crippen MR) is 85.2 cm³/mol. The second kappa shape index (κ2) is 6.09. The van der Waals surface area contributed by atoms with Crippen molar-refractivity contribution in [2.24, 2.45) is 5.41 Å². The summed E-state index contributed by atoms with van der Waals surface area (Å²) < 4.78 is 31.0. The van der Waals surface area contributed by atoms with Crippen LogP contribution in [-0.2, 0) is 14.6 Å². The molecule has 0 aromatic heterocycles. The predicted octanol–water partition coefficient (Wildman–Crippen LogP) is 3.75. The van der Waals surface area contributed by atoms with Gasteiger partial charge in [0.25, 0.3) is 0 Å². The Labute approximate surface area is 128 Å². The number of ether oxygens (including phenoxy) is 1. The van der Waals surface area contributed by atoms with E-state index in [1.54, 1.807) is 12.1 Å². The average molecular weight is 310 g/mol. The van der Waals surface area contributed by atoms with Gasteiger partial charge in [-0.25, -0.2) is 8.42 Å². The first-order chi connectivity index (χ1) is 9.68. The van der Waals surface area contributed by atoms with Gasteiger partial charge in [0.05, 0.1) is 22.9 Å². The van der Waals surface area contributed by atoms with Crippen molar-refractivity contribution in [2.45, 2.75) is 64.1 Å². The van der Waals surface area contributed by atoms with Gasteiger partial charge in [-0.3, -0.25) is 0 Å². The summed E-state index contributed by atoms with van der Waals surface area (Å²) in [5.74, 6) is 0.0860. The van der Waals surface area contributed by atoms with Crippen molar-refractivity contribution in [2.75, 3.05) is 5.75 Å². The van der Waals surface area contributed by atoms with Crippen molar-refractivity contribution in [3.05, 3.63) is 29.8 Å². The molecule has 21 heavy (non-hydrogen) atoms. The lowest BCUT2D eigenvalue weighted by molar-refractivity contribution is -0.0889. The molecule has 1 heterocycles. The zero-order valence-corrected chi connectivity index (χ0v) is 14.2. The average Bonchev–Trinajstić information content (AvgIpc) is 2.38. The monoisotopic (exact) mass is 310 g/mol. The lowest BCUT2D eigenvalue weighted by atomic mass is 9.84. The molecule has 2 rings (SSSR count). The largest absolute Gasteiger partial charge is 0.373 e. The number of aryl methyl sites for hydroxylation is 1. The van der Waals surface area contributed by atoms with Crippen molar-refractivity contribution in [1.82, 2.24) is 0 Å². The van der Waals surface area contributed by atoms with Gasteiger partial charge in [-0.05, 0) is 43.7 Å². The summed E-state index contributed by atoms with van der Waals surface area (Å²) >= 11 is 0. The van der Waals surface area contributed by atoms with Gasteiger partial charge in [-0.15, -0.1) is 0 Å². The van der Waals surface area contributed by atoms with E-state index < -0.39 is 9.84 Å². The molecule has 0 aliphatic carbocycles. The number of benzene rings is 1. The molecule has 1 fully saturated rings. The molecule has 1 aliphatic heterocycles. The lowest BCUT2D eigenvalue weighted by Crippen LogP contribution is -2.39. The fraction of sp³-hybridized carbons (Fsp3) is 0.647. The zero-order chi connectivity index (χ0) is 15.7. The topological polar surface area (TPSA) is 43.4 Å². The van der Waals surface area contributed by atoms with Gasteiger partial charge in [0.2, 0.25) is 0 Å². The third-order valence-electron chi connectivity index (χ3n) is 4.10. The van der Waals surface area contributed by atoms with Gasteiger partial charge in [0.1, 0.15) is 0 Å². The molecule has 2 atom stereocenters. The number of hydrogen-bond donors (Lipinski definition) is 0. The van der Waals surface area contributed by atoms with E-state index in [1.807, 2.05) is 19.1 Å². The molecule has 0 amide bonds. The number of hydrogen-bond acceptors (Lipinski definition) is 3. The highest BCUT2D eigenvalue weighted by molar-refractivity contribution is 7.91. The molecule has 0 bridgehead atoms. The molecule has 0 radical (unpaired) electrons. The number of sulfone groups is 1. The Hall–Kier alpha value is -0.870. The Bertz CT molecular complexity index is 567. The van der Waals surface area contributed by atoms with Gasteiger partial charge < -0.3 is 4.74 Å². The van der Waals surface area contributed by atoms with Crippen LogP contribution in [-0.4, -0.2) is 26.4 Å². The van der Waals surface area contributed by atoms with E-state index in [4.69, 9.17) is 4.74 Å². The molecule has 3 nitrogen and oxygen atoms in total. The molecule has 1 aliphatic rings. The highest BCUT2D eigenvalue weighted by Gasteiger charge is 2.33. The highest BCUT2D eigenvalue weighted by atomic mass is 32.2. The molecule has 0 saturated carbocycles. The summed E-state index contributed by atoms with van der Waals surface area (Å²) in [5.41, 5.74) is 1.13. The molecule has 0 unspecified atom stereocenters. The van der Waals surface area contributed by atoms with Crippen LogP contribution >= 0.6 is 0 Å². The molecular weight excluding hydrogens is 284 g/mol. The SMILES string of the molecule is Cc1ccc(S(=O)(=O)C[C@H]2CCC[C@H](C(C)(C)C)O2)cc1. The molecule has 4 heteroatoms. The molecular formula is C17H26O3S. The summed E-state index contributed by atoms with van der Waals surface area (Å²) in [6.45, 7) is 8.39. The van der Waals surface area contributed by atoms with Crippen molar-refractivity contribution in [3.63, 3.8) is 0 Å². The van der Waals surface area contributed by atoms with Gasteiger partial charge in [-0.1, -0.05) is 38.5 Å². The quantitative estimate of drug-likeness (QED) is 0.854. The van der Waals surface area contributed by atoms with Crippen molar-refractivity contribution < 1.29 is 13.2 Å². The lowest BCUT2D eigenvalue weighted by Gasteiger charge is -2.37. The van der Waals surface area contributed by atoms with Crippen LogP contribution in [0.15, 0.2) is 29.2 Å². The molecule has 118 valence electrons. The first kappa shape index (κ1) is 16.5. The Morgan fingerprint density at radius 3 is 2.33 bits per heavy atom. The Morgan fingerprint density at radius 2 is 1.76 bits per heavy atom. The van der Waals surface area contributed by atoms with E-state index in [0.29, 0.717) is 4.90 Å². The van der Waals surface area contributed by atoms with E-state index in [2.05, 4.69) is 20.8 Å². The van der Waals surface area contributed by atoms with E-state index in [-0.39, 0.29) is 23.4 Å². The number of rotatable bonds is 3. The Morgan fingerprint density at radius 1 is 1.14 bits per heavy atom. The van der Waals surface area contributed by atoms with E-state index in [0.717, 1.165) is 24.8 Å². The van der Waals surface area contributed by atoms with E-state index in [9.17, 15) is 8.42 Å². The summed E-state index contributed by atoms with van der Waals surface area (Å²) in [4.78, 5) is 0.398. The van der Waals surface area contributed by atoms with Gasteiger partial charge in [0.15, 0.2) is 9.84 Å². The van der Waals surface area contributed by atoms with Crippen LogP contribution < -0.4 is 0 Å². The zero-order valence-electron chi connectivity index (χ0n) is 13.4. The molecule has 0 spiro atoms. The van der Waals surface area contributed by atoms with Crippen LogP contribution in [0.4, 0.5) is 0 Å². The van der Waals surface area contributed by atoms with Crippen LogP contribution in [0, 0.1) is 12.3 Å². The maximum absolute atomic E-state index is 12.5. The van der Waals surface area contributed by atoms with Crippen molar-refractivity contribution in [1.29, 1.82) is 0 Å². The molecule has 0 N–H and O–H groups in total. The van der Waals surface area contributed by atoms with E-state index >= 15 is 0 Å². The van der Waals surface area contributed by atoms with Crippen LogP contribution in [0.25, 0.3) is 0 Å². The van der Waals surface area contributed by atoms with Gasteiger partial charge in [0, 0.05) is 0 Å². The minimum atomic E-state index is -3.27. The third kappa shape index (κ3) is 4.30. The van der Waals surface area contributed by atoms with Crippen molar-refractivity contribution >= 4 is 9.84 Å². The first-order valence-electron chi connectivity index (χ1n) is 7.63. The molecule has 1 aromatic rings. The normalized spacial score (nSPS) is 24.0. The fourth-order valence-electron chi connectivity index (χ4n) is 2.75. The van der Waals surface area contributed by atoms with E-state index in [1.165, 1.54) is 0 Å². The summed E-state index contributed by atoms with van der Waals surface area (Å²) in [7, 11) is -3.27. The summed E-state index contributed by atoms with van der Waals surface area (Å²) in [6.07, 6.45) is 2.84. The first-order valence-corrected chi connectivity index (χ1v) is 9.28. The maximum Gasteiger partial charge on any atom is 0.180 e. The second-order valence-electron chi connectivity index (χ2n) is 7.14. The van der Waals surface area contributed by atoms with Crippen LogP contribution in [0.1, 0.15) is 45.6 Å². The minimum Gasteiger partial charge on any atom is -0.373 e. The summed E-state index contributed by atoms with van der Waals surface area (Å²) in [5, 5.41) is 0. The van der Waals surface area contributed by atoms with Crippen LogP contribution in [0.3, 0.4) is 0 Å². The van der Waals surface area contributed by atoms with Crippen molar-refractivity contribution in [3.8, 4) is 0 Å². The Balaban J connectivity index is 2.08. The molecule has 1 aromatic carbocycles. The molecule has 1 saturated heterocycles. The smallest absolute Gasteiger partial charge is 0.180 e. The maximum atomic E-state index is 12.5. The minimum absolute atomic E-state index is 0.0618. The third-order valence-corrected chi connectivity index (χ3v) is 5.90. The second-order valence-corrected chi connectivity index (χ2v) is 9.17. The Kier molecular flexibility index (Phi) is 4.79. The van der Waals surface area contributed by atoms with Crippen LogP contribution in [0.2, 0.25) is 0 Å².